The highest BCUT2D eigenvalue weighted by atomic mass is 16.5. The van der Waals surface area contributed by atoms with Crippen LogP contribution in [0.15, 0.2) is 0 Å². The van der Waals surface area contributed by atoms with Crippen LogP contribution < -0.4 is 5.32 Å². The van der Waals surface area contributed by atoms with E-state index in [0.29, 0.717) is 0 Å². The summed E-state index contributed by atoms with van der Waals surface area (Å²) < 4.78 is 5.42. The van der Waals surface area contributed by atoms with Crippen LogP contribution in [-0.4, -0.2) is 25.3 Å². The van der Waals surface area contributed by atoms with Crippen molar-refractivity contribution in [3.63, 3.8) is 0 Å². The van der Waals surface area contributed by atoms with Crippen molar-refractivity contribution >= 4 is 0 Å². The van der Waals surface area contributed by atoms with Gasteiger partial charge in [0.05, 0.1) is 0 Å². The third-order valence-corrected chi connectivity index (χ3v) is 4.48. The smallest absolute Gasteiger partial charge is 0.0480 e. The Morgan fingerprint density at radius 1 is 0.941 bits per heavy atom. The van der Waals surface area contributed by atoms with E-state index in [1.54, 1.807) is 0 Å². The lowest BCUT2D eigenvalue weighted by Crippen LogP contribution is -2.41. The first-order valence-corrected chi connectivity index (χ1v) is 7.72. The molecule has 0 radical (unpaired) electrons. The molecule has 0 aromatic heterocycles. The largest absolute Gasteiger partial charge is 0.381 e. The first kappa shape index (κ1) is 13.4. The molecule has 1 heterocycles. The highest BCUT2D eigenvalue weighted by molar-refractivity contribution is 4.80. The minimum Gasteiger partial charge on any atom is -0.381 e. The molecule has 2 heteroatoms. The van der Waals surface area contributed by atoms with Crippen molar-refractivity contribution in [1.82, 2.24) is 5.32 Å². The Morgan fingerprint density at radius 2 is 1.71 bits per heavy atom. The van der Waals surface area contributed by atoms with E-state index in [9.17, 15) is 0 Å². The van der Waals surface area contributed by atoms with Gasteiger partial charge in [-0.2, -0.15) is 0 Å². The zero-order chi connectivity index (χ0) is 11.9. The van der Waals surface area contributed by atoms with Crippen LogP contribution in [0.5, 0.6) is 0 Å². The Morgan fingerprint density at radius 3 is 2.47 bits per heavy atom. The Bertz CT molecular complexity index is 201. The number of hydrogen-bond donors (Lipinski definition) is 1. The lowest BCUT2D eigenvalue weighted by atomic mass is 9.95. The van der Waals surface area contributed by atoms with Gasteiger partial charge in [-0.05, 0) is 38.0 Å². The number of ether oxygens (including phenoxy) is 1. The van der Waals surface area contributed by atoms with Gasteiger partial charge in [0.2, 0.25) is 0 Å². The van der Waals surface area contributed by atoms with E-state index < -0.39 is 0 Å². The first-order chi connectivity index (χ1) is 8.38. The number of hydrogen-bond acceptors (Lipinski definition) is 2. The quantitative estimate of drug-likeness (QED) is 0.758. The van der Waals surface area contributed by atoms with Gasteiger partial charge in [0, 0.05) is 25.3 Å². The van der Waals surface area contributed by atoms with Gasteiger partial charge in [0.15, 0.2) is 0 Å². The van der Waals surface area contributed by atoms with Crippen LogP contribution in [0.3, 0.4) is 0 Å². The van der Waals surface area contributed by atoms with Crippen molar-refractivity contribution in [1.29, 1.82) is 0 Å². The molecular weight excluding hydrogens is 210 g/mol. The van der Waals surface area contributed by atoms with Gasteiger partial charge >= 0.3 is 0 Å². The second kappa shape index (κ2) is 7.38. The standard InChI is InChI=1S/C15H29NO/c1-2-4-13-5-3-6-14(8-7-13)16-15-9-11-17-12-10-15/h13-16H,2-12H2,1H3. The van der Waals surface area contributed by atoms with Crippen LogP contribution in [0.4, 0.5) is 0 Å². The van der Waals surface area contributed by atoms with Gasteiger partial charge in [-0.1, -0.05) is 32.6 Å². The fourth-order valence-corrected chi connectivity index (χ4v) is 3.44. The molecule has 1 N–H and O–H groups in total. The van der Waals surface area contributed by atoms with Gasteiger partial charge < -0.3 is 10.1 Å². The monoisotopic (exact) mass is 239 g/mol. The average Bonchev–Trinajstić information content (AvgIpc) is 2.57. The van der Waals surface area contributed by atoms with Crippen LogP contribution in [0.1, 0.15) is 64.7 Å². The predicted molar refractivity (Wildman–Crippen MR) is 72.2 cm³/mol. The molecule has 100 valence electrons. The molecule has 0 spiro atoms. The molecule has 1 saturated carbocycles. The lowest BCUT2D eigenvalue weighted by molar-refractivity contribution is 0.0742. The summed E-state index contributed by atoms with van der Waals surface area (Å²) in [6.07, 6.45) is 12.4. The summed E-state index contributed by atoms with van der Waals surface area (Å²) >= 11 is 0. The molecule has 2 atom stereocenters. The molecule has 17 heavy (non-hydrogen) atoms. The van der Waals surface area contributed by atoms with Gasteiger partial charge in [-0.3, -0.25) is 0 Å². The highest BCUT2D eigenvalue weighted by Crippen LogP contribution is 2.27. The normalized spacial score (nSPS) is 32.3. The van der Waals surface area contributed by atoms with Crippen LogP contribution in [0.25, 0.3) is 0 Å². The van der Waals surface area contributed by atoms with Crippen molar-refractivity contribution in [2.45, 2.75) is 76.8 Å². The van der Waals surface area contributed by atoms with Crippen molar-refractivity contribution < 1.29 is 4.74 Å². The first-order valence-electron chi connectivity index (χ1n) is 7.72. The van der Waals surface area contributed by atoms with E-state index in [1.165, 1.54) is 57.8 Å². The molecule has 0 aromatic rings. The van der Waals surface area contributed by atoms with Crippen LogP contribution in [0, 0.1) is 5.92 Å². The molecular formula is C15H29NO. The van der Waals surface area contributed by atoms with Crippen molar-refractivity contribution in [2.75, 3.05) is 13.2 Å². The molecule has 0 bridgehead atoms. The predicted octanol–water partition coefficient (Wildman–Crippen LogP) is 3.50. The Kier molecular flexibility index (Phi) is 5.79. The topological polar surface area (TPSA) is 21.3 Å². The maximum Gasteiger partial charge on any atom is 0.0480 e. The van der Waals surface area contributed by atoms with Crippen LogP contribution in [0.2, 0.25) is 0 Å². The minimum atomic E-state index is 0.733. The highest BCUT2D eigenvalue weighted by Gasteiger charge is 2.21. The Labute approximate surface area is 107 Å². The zero-order valence-electron chi connectivity index (χ0n) is 11.4. The van der Waals surface area contributed by atoms with E-state index in [-0.39, 0.29) is 0 Å². The van der Waals surface area contributed by atoms with Crippen LogP contribution >= 0.6 is 0 Å². The van der Waals surface area contributed by atoms with Crippen LogP contribution in [-0.2, 0) is 4.74 Å². The van der Waals surface area contributed by atoms with E-state index in [2.05, 4.69) is 12.2 Å². The summed E-state index contributed by atoms with van der Waals surface area (Å²) in [7, 11) is 0. The molecule has 2 nitrogen and oxygen atoms in total. The second-order valence-corrected chi connectivity index (χ2v) is 5.91. The summed E-state index contributed by atoms with van der Waals surface area (Å²) in [6, 6.07) is 1.52. The second-order valence-electron chi connectivity index (χ2n) is 5.91. The summed E-state index contributed by atoms with van der Waals surface area (Å²) in [6.45, 7) is 4.24. The van der Waals surface area contributed by atoms with Gasteiger partial charge in [-0.25, -0.2) is 0 Å². The summed E-state index contributed by atoms with van der Waals surface area (Å²) in [5.41, 5.74) is 0. The Hall–Kier alpha value is -0.0800. The van der Waals surface area contributed by atoms with Crippen molar-refractivity contribution in [3.8, 4) is 0 Å². The fraction of sp³-hybridized carbons (Fsp3) is 1.00. The summed E-state index contributed by atoms with van der Waals surface area (Å²) in [5.74, 6) is 1.02. The molecule has 0 amide bonds. The van der Waals surface area contributed by atoms with Gasteiger partial charge in [0.1, 0.15) is 0 Å². The van der Waals surface area contributed by atoms with Gasteiger partial charge in [0.25, 0.3) is 0 Å². The molecule has 1 aliphatic carbocycles. The molecule has 2 aliphatic rings. The maximum absolute atomic E-state index is 5.42. The molecule has 2 fully saturated rings. The summed E-state index contributed by atoms with van der Waals surface area (Å²) in [4.78, 5) is 0. The summed E-state index contributed by atoms with van der Waals surface area (Å²) in [5, 5.41) is 3.88. The Balaban J connectivity index is 1.70. The van der Waals surface area contributed by atoms with Crippen molar-refractivity contribution in [2.24, 2.45) is 5.92 Å². The third kappa shape index (κ3) is 4.59. The molecule has 1 aliphatic heterocycles. The fourth-order valence-electron chi connectivity index (χ4n) is 3.44. The number of rotatable bonds is 4. The molecule has 2 unspecified atom stereocenters. The lowest BCUT2D eigenvalue weighted by Gasteiger charge is -2.28. The van der Waals surface area contributed by atoms with E-state index in [0.717, 1.165) is 31.2 Å². The average molecular weight is 239 g/mol. The minimum absolute atomic E-state index is 0.733. The van der Waals surface area contributed by atoms with E-state index in [1.807, 2.05) is 0 Å². The maximum atomic E-state index is 5.42. The van der Waals surface area contributed by atoms with Gasteiger partial charge in [-0.15, -0.1) is 0 Å². The third-order valence-electron chi connectivity index (χ3n) is 4.48. The molecule has 0 aromatic carbocycles. The molecule has 1 saturated heterocycles. The molecule has 2 rings (SSSR count). The zero-order valence-corrected chi connectivity index (χ0v) is 11.4. The van der Waals surface area contributed by atoms with Crippen molar-refractivity contribution in [3.05, 3.63) is 0 Å². The van der Waals surface area contributed by atoms with E-state index in [4.69, 9.17) is 4.74 Å². The number of nitrogens with one attached hydrogen (secondary N) is 1. The SMILES string of the molecule is CCCC1CCCC(NC2CCOCC2)CC1. The van der Waals surface area contributed by atoms with E-state index >= 15 is 0 Å².